The van der Waals surface area contributed by atoms with Crippen molar-refractivity contribution in [2.24, 2.45) is 0 Å². The Morgan fingerprint density at radius 3 is 2.65 bits per heavy atom. The molecule has 3 aromatic rings. The summed E-state index contributed by atoms with van der Waals surface area (Å²) < 4.78 is 6.22. The van der Waals surface area contributed by atoms with Crippen LogP contribution in [0, 0.1) is 10.1 Å². The summed E-state index contributed by atoms with van der Waals surface area (Å²) in [6.45, 7) is 1.35. The third-order valence-corrected chi connectivity index (χ3v) is 6.31. The number of hydrogen-bond acceptors (Lipinski definition) is 8. The Hall–Kier alpha value is -2.53. The first-order chi connectivity index (χ1) is 14.4. The summed E-state index contributed by atoms with van der Waals surface area (Å²) in [7, 11) is 5.57. The van der Waals surface area contributed by atoms with Crippen LogP contribution in [-0.2, 0) is 4.79 Å². The number of amides is 1. The van der Waals surface area contributed by atoms with E-state index in [1.54, 1.807) is 24.2 Å². The predicted molar refractivity (Wildman–Crippen MR) is 129 cm³/mol. The molecule has 0 spiro atoms. The quantitative estimate of drug-likeness (QED) is 0.249. The molecule has 0 aliphatic heterocycles. The maximum Gasteiger partial charge on any atom is 0.324 e. The van der Waals surface area contributed by atoms with Gasteiger partial charge in [-0.25, -0.2) is 4.98 Å². The Labute approximate surface area is 194 Å². The number of thiazole rings is 1. The third-order valence-electron chi connectivity index (χ3n) is 4.25. The van der Waals surface area contributed by atoms with Gasteiger partial charge in [0.1, 0.15) is 5.75 Å². The number of nitrogens with zero attached hydrogens (tertiary/aromatic N) is 4. The van der Waals surface area contributed by atoms with Crippen molar-refractivity contribution in [3.8, 4) is 5.75 Å². The first kappa shape index (κ1) is 24.7. The fraction of sp³-hybridized carbons (Fsp3) is 0.300. The summed E-state index contributed by atoms with van der Waals surface area (Å²) in [4.78, 5) is 32.4. The monoisotopic (exact) mass is 482 g/mol. The Morgan fingerprint density at radius 2 is 2.00 bits per heavy atom. The molecule has 11 heteroatoms. The topological polar surface area (TPSA) is 88.8 Å². The molecule has 0 aliphatic rings. The Kier molecular flexibility index (Phi) is 8.93. The average Bonchev–Trinajstić information content (AvgIpc) is 3.35. The second-order valence-electron chi connectivity index (χ2n) is 6.74. The normalized spacial score (nSPS) is 11.1. The summed E-state index contributed by atoms with van der Waals surface area (Å²) >= 11 is 2.48. The first-order valence-corrected chi connectivity index (χ1v) is 10.8. The number of anilines is 1. The summed E-state index contributed by atoms with van der Waals surface area (Å²) in [6, 6.07) is 8.71. The van der Waals surface area contributed by atoms with E-state index in [-0.39, 0.29) is 23.3 Å². The molecule has 31 heavy (non-hydrogen) atoms. The lowest BCUT2D eigenvalue weighted by atomic mass is 10.3. The lowest BCUT2D eigenvalue weighted by Crippen LogP contribution is -2.32. The summed E-state index contributed by atoms with van der Waals surface area (Å²) in [6.07, 6.45) is 3.84. The minimum absolute atomic E-state index is 0. The van der Waals surface area contributed by atoms with Crippen molar-refractivity contribution in [2.75, 3.05) is 39.2 Å². The van der Waals surface area contributed by atoms with E-state index in [2.05, 4.69) is 9.88 Å². The van der Waals surface area contributed by atoms with Gasteiger partial charge in [0.25, 0.3) is 5.91 Å². The molecule has 2 aromatic heterocycles. The van der Waals surface area contributed by atoms with Gasteiger partial charge in [0.15, 0.2) is 5.13 Å². The molecule has 2 heterocycles. The minimum atomic E-state index is -0.438. The van der Waals surface area contributed by atoms with Crippen LogP contribution in [0.4, 0.5) is 10.1 Å². The molecule has 0 fully saturated rings. The number of benzene rings is 1. The number of halogens is 1. The van der Waals surface area contributed by atoms with Crippen LogP contribution in [0.15, 0.2) is 36.4 Å². The van der Waals surface area contributed by atoms with Gasteiger partial charge in [-0.3, -0.25) is 19.8 Å². The van der Waals surface area contributed by atoms with Crippen LogP contribution < -0.4 is 9.64 Å². The fourth-order valence-corrected chi connectivity index (χ4v) is 4.46. The number of carbonyl (C=O) groups excluding carboxylic acids is 1. The first-order valence-electron chi connectivity index (χ1n) is 9.20. The fourth-order valence-electron chi connectivity index (χ4n) is 2.76. The van der Waals surface area contributed by atoms with Crippen molar-refractivity contribution in [3.63, 3.8) is 0 Å². The van der Waals surface area contributed by atoms with Gasteiger partial charge in [-0.2, -0.15) is 0 Å². The van der Waals surface area contributed by atoms with Crippen molar-refractivity contribution in [1.29, 1.82) is 0 Å². The molecule has 0 saturated heterocycles. The minimum Gasteiger partial charge on any atom is -0.497 e. The van der Waals surface area contributed by atoms with Crippen molar-refractivity contribution in [3.05, 3.63) is 51.4 Å². The lowest BCUT2D eigenvalue weighted by Gasteiger charge is -2.19. The Bertz CT molecular complexity index is 1080. The summed E-state index contributed by atoms with van der Waals surface area (Å²) in [5.74, 6) is 0.500. The highest BCUT2D eigenvalue weighted by Crippen LogP contribution is 2.32. The second kappa shape index (κ2) is 11.2. The molecular weight excluding hydrogens is 460 g/mol. The van der Waals surface area contributed by atoms with Gasteiger partial charge in [0.05, 0.1) is 22.2 Å². The van der Waals surface area contributed by atoms with Crippen LogP contribution in [0.1, 0.15) is 11.3 Å². The number of nitro groups is 1. The van der Waals surface area contributed by atoms with Gasteiger partial charge >= 0.3 is 5.00 Å². The number of ether oxygens (including phenoxy) is 1. The number of thiophene rings is 1. The number of rotatable bonds is 9. The summed E-state index contributed by atoms with van der Waals surface area (Å²) in [5.41, 5.74) is 0.776. The molecule has 0 saturated carbocycles. The highest BCUT2D eigenvalue weighted by Gasteiger charge is 2.18. The highest BCUT2D eigenvalue weighted by atomic mass is 35.5. The maximum atomic E-state index is 13.0. The molecule has 0 bridgehead atoms. The number of fused-ring (bicyclic) bond motifs is 1. The molecule has 8 nitrogen and oxygen atoms in total. The van der Waals surface area contributed by atoms with Gasteiger partial charge in [-0.1, -0.05) is 22.7 Å². The Morgan fingerprint density at radius 1 is 1.23 bits per heavy atom. The van der Waals surface area contributed by atoms with E-state index in [1.165, 1.54) is 23.5 Å². The number of hydrogen-bond donors (Lipinski definition) is 0. The third kappa shape index (κ3) is 6.47. The summed E-state index contributed by atoms with van der Waals surface area (Å²) in [5, 5.41) is 11.5. The van der Waals surface area contributed by atoms with Crippen LogP contribution in [0.5, 0.6) is 5.75 Å². The number of methoxy groups -OCH3 is 1. The smallest absolute Gasteiger partial charge is 0.324 e. The molecule has 3 rings (SSSR count). The van der Waals surface area contributed by atoms with E-state index >= 15 is 0 Å². The molecule has 1 amide bonds. The van der Waals surface area contributed by atoms with Gasteiger partial charge in [0, 0.05) is 29.6 Å². The van der Waals surface area contributed by atoms with Crippen molar-refractivity contribution < 1.29 is 14.5 Å². The van der Waals surface area contributed by atoms with Crippen molar-refractivity contribution in [1.82, 2.24) is 9.88 Å². The van der Waals surface area contributed by atoms with E-state index in [1.807, 2.05) is 32.3 Å². The number of aromatic nitrogens is 1. The highest BCUT2D eigenvalue weighted by molar-refractivity contribution is 7.22. The van der Waals surface area contributed by atoms with Crippen LogP contribution in [0.3, 0.4) is 0 Å². The lowest BCUT2D eigenvalue weighted by molar-refractivity contribution is -0.380. The van der Waals surface area contributed by atoms with Gasteiger partial charge in [-0.05, 0) is 51.3 Å². The zero-order valence-electron chi connectivity index (χ0n) is 17.3. The van der Waals surface area contributed by atoms with Crippen LogP contribution in [0.25, 0.3) is 16.3 Å². The SMILES string of the molecule is COc1ccc2sc(N(CCCN(C)C)C(=O)C=Cc3ccc([N+](=O)[O-])s3)nc2c1.Cl. The van der Waals surface area contributed by atoms with Gasteiger partial charge in [0.2, 0.25) is 0 Å². The Balaban J connectivity index is 0.00000341. The zero-order valence-corrected chi connectivity index (χ0v) is 19.8. The molecule has 0 unspecified atom stereocenters. The molecule has 0 N–H and O–H groups in total. The largest absolute Gasteiger partial charge is 0.497 e. The van der Waals surface area contributed by atoms with E-state index < -0.39 is 4.92 Å². The number of carbonyl (C=O) groups is 1. The van der Waals surface area contributed by atoms with Gasteiger partial charge < -0.3 is 9.64 Å². The van der Waals surface area contributed by atoms with E-state index in [0.29, 0.717) is 22.3 Å². The van der Waals surface area contributed by atoms with Gasteiger partial charge in [-0.15, -0.1) is 12.4 Å². The predicted octanol–water partition coefficient (Wildman–Crippen LogP) is 4.69. The van der Waals surface area contributed by atoms with E-state index in [9.17, 15) is 14.9 Å². The molecule has 166 valence electrons. The van der Waals surface area contributed by atoms with E-state index in [4.69, 9.17) is 4.74 Å². The van der Waals surface area contributed by atoms with E-state index in [0.717, 1.165) is 34.5 Å². The molecule has 0 radical (unpaired) electrons. The van der Waals surface area contributed by atoms with Crippen LogP contribution in [-0.4, -0.2) is 55.0 Å². The van der Waals surface area contributed by atoms with Crippen LogP contribution >= 0.6 is 35.1 Å². The molecular formula is C20H23ClN4O4S2. The second-order valence-corrected chi connectivity index (χ2v) is 8.85. The van der Waals surface area contributed by atoms with Crippen LogP contribution in [0.2, 0.25) is 0 Å². The molecule has 0 atom stereocenters. The zero-order chi connectivity index (χ0) is 21.7. The molecule has 1 aromatic carbocycles. The standard InChI is InChI=1S/C20H22N4O4S2.ClH/c1-22(2)11-4-12-23(18(25)9-6-15-7-10-19(29-15)24(26)27)20-21-16-13-14(28-3)5-8-17(16)30-20;/h5-10,13H,4,11-12H2,1-3H3;1H. The van der Waals surface area contributed by atoms with Crippen molar-refractivity contribution >= 4 is 67.4 Å². The maximum absolute atomic E-state index is 13.0. The molecule has 0 aliphatic carbocycles. The average molecular weight is 483 g/mol. The van der Waals surface area contributed by atoms with Crippen molar-refractivity contribution in [2.45, 2.75) is 6.42 Å².